The third kappa shape index (κ3) is 3.09. The Balaban J connectivity index is 1.94. The second kappa shape index (κ2) is 6.90. The highest BCUT2D eigenvalue weighted by Crippen LogP contribution is 2.38. The minimum absolute atomic E-state index is 0.767. The van der Waals surface area contributed by atoms with Gasteiger partial charge >= 0.3 is 0 Å². The molecule has 0 saturated heterocycles. The fourth-order valence-electron chi connectivity index (χ4n) is 3.54. The molecule has 0 aliphatic carbocycles. The van der Waals surface area contributed by atoms with Crippen molar-refractivity contribution in [1.29, 1.82) is 0 Å². The Kier molecular flexibility index (Phi) is 4.43. The van der Waals surface area contributed by atoms with Crippen LogP contribution in [0.2, 0.25) is 0 Å². The van der Waals surface area contributed by atoms with Crippen LogP contribution in [0, 0.1) is 6.92 Å². The van der Waals surface area contributed by atoms with E-state index in [0.717, 1.165) is 38.8 Å². The molecule has 0 amide bonds. The monoisotopic (exact) mass is 354 g/mol. The minimum Gasteiger partial charge on any atom is -0.497 e. The fourth-order valence-corrected chi connectivity index (χ4v) is 3.54. The van der Waals surface area contributed by atoms with E-state index in [1.165, 1.54) is 0 Å². The van der Waals surface area contributed by atoms with Crippen LogP contribution in [0.3, 0.4) is 0 Å². The molecule has 1 atom stereocenters. The number of methoxy groups -OCH3 is 1. The molecule has 0 spiro atoms. The van der Waals surface area contributed by atoms with Crippen LogP contribution in [0.15, 0.2) is 91.0 Å². The average molecular weight is 354 g/mol. The van der Waals surface area contributed by atoms with E-state index >= 15 is 0 Å². The molecule has 0 aliphatic heterocycles. The summed E-state index contributed by atoms with van der Waals surface area (Å²) in [5, 5.41) is 14.3. The van der Waals surface area contributed by atoms with Gasteiger partial charge in [-0.3, -0.25) is 0 Å². The van der Waals surface area contributed by atoms with E-state index in [2.05, 4.69) is 24.3 Å². The van der Waals surface area contributed by atoms with E-state index in [1.807, 2.05) is 73.7 Å². The Morgan fingerprint density at radius 3 is 1.85 bits per heavy atom. The highest BCUT2D eigenvalue weighted by molar-refractivity contribution is 5.83. The van der Waals surface area contributed by atoms with Crippen LogP contribution in [-0.2, 0) is 5.60 Å². The topological polar surface area (TPSA) is 29.5 Å². The third-order valence-electron chi connectivity index (χ3n) is 5.14. The number of aliphatic hydroxyl groups is 1. The Labute approximate surface area is 159 Å². The van der Waals surface area contributed by atoms with E-state index < -0.39 is 5.60 Å². The Hall–Kier alpha value is -3.10. The predicted molar refractivity (Wildman–Crippen MR) is 110 cm³/mol. The number of hydrogen-bond donors (Lipinski definition) is 1. The zero-order valence-corrected chi connectivity index (χ0v) is 15.5. The van der Waals surface area contributed by atoms with Crippen molar-refractivity contribution in [3.05, 3.63) is 113 Å². The van der Waals surface area contributed by atoms with Gasteiger partial charge in [0, 0.05) is 0 Å². The van der Waals surface area contributed by atoms with Crippen LogP contribution in [0.25, 0.3) is 10.8 Å². The highest BCUT2D eigenvalue weighted by Gasteiger charge is 2.34. The number of benzene rings is 4. The van der Waals surface area contributed by atoms with E-state index in [0.29, 0.717) is 0 Å². The van der Waals surface area contributed by atoms with Crippen molar-refractivity contribution in [2.45, 2.75) is 12.5 Å². The normalized spacial score (nSPS) is 13.3. The Bertz CT molecular complexity index is 1070. The number of hydrogen-bond acceptors (Lipinski definition) is 2. The molecule has 0 aromatic heterocycles. The van der Waals surface area contributed by atoms with Crippen molar-refractivity contribution in [3.63, 3.8) is 0 Å². The molecular formula is C25H22O2. The lowest BCUT2D eigenvalue weighted by atomic mass is 9.79. The van der Waals surface area contributed by atoms with Crippen molar-refractivity contribution in [2.75, 3.05) is 7.11 Å². The summed E-state index contributed by atoms with van der Waals surface area (Å²) in [5.41, 5.74) is 2.41. The van der Waals surface area contributed by atoms with E-state index in [1.54, 1.807) is 7.11 Å². The van der Waals surface area contributed by atoms with Crippen molar-refractivity contribution in [2.24, 2.45) is 0 Å². The van der Waals surface area contributed by atoms with Gasteiger partial charge in [-0.2, -0.15) is 0 Å². The summed E-state index contributed by atoms with van der Waals surface area (Å²) in [7, 11) is 1.64. The van der Waals surface area contributed by atoms with Gasteiger partial charge in [-0.1, -0.05) is 78.4 Å². The smallest absolute Gasteiger partial charge is 0.140 e. The van der Waals surface area contributed by atoms with Gasteiger partial charge < -0.3 is 9.84 Å². The lowest BCUT2D eigenvalue weighted by molar-refractivity contribution is 0.126. The lowest BCUT2D eigenvalue weighted by Crippen LogP contribution is -2.28. The quantitative estimate of drug-likeness (QED) is 0.494. The van der Waals surface area contributed by atoms with E-state index in [9.17, 15) is 5.11 Å². The standard InChI is InChI=1S/C25H22O2/c1-18-7-10-21(11-8-18)25(26,22-13-15-24(27-2)16-14-22)23-12-9-19-5-3-4-6-20(19)17-23/h3-17,26H,1-2H3. The van der Waals surface area contributed by atoms with Gasteiger partial charge in [-0.15, -0.1) is 0 Å². The maximum atomic E-state index is 12.0. The largest absolute Gasteiger partial charge is 0.497 e. The zero-order valence-electron chi connectivity index (χ0n) is 15.5. The molecule has 1 N–H and O–H groups in total. The molecule has 0 saturated carbocycles. The van der Waals surface area contributed by atoms with Crippen molar-refractivity contribution in [3.8, 4) is 5.75 Å². The maximum Gasteiger partial charge on any atom is 0.140 e. The lowest BCUT2D eigenvalue weighted by Gasteiger charge is -2.30. The van der Waals surface area contributed by atoms with Gasteiger partial charge in [0.25, 0.3) is 0 Å². The van der Waals surface area contributed by atoms with Crippen LogP contribution in [0.1, 0.15) is 22.3 Å². The molecule has 0 fully saturated rings. The van der Waals surface area contributed by atoms with Gasteiger partial charge in [-0.05, 0) is 52.6 Å². The van der Waals surface area contributed by atoms with Gasteiger partial charge in [0.1, 0.15) is 11.4 Å². The first-order chi connectivity index (χ1) is 13.1. The molecule has 1 unspecified atom stereocenters. The fraction of sp³-hybridized carbons (Fsp3) is 0.120. The van der Waals surface area contributed by atoms with Gasteiger partial charge in [0.05, 0.1) is 7.11 Å². The van der Waals surface area contributed by atoms with Crippen LogP contribution < -0.4 is 4.74 Å². The molecule has 4 rings (SSSR count). The molecule has 27 heavy (non-hydrogen) atoms. The second-order valence-corrected chi connectivity index (χ2v) is 6.87. The summed E-state index contributed by atoms with van der Waals surface area (Å²) in [6.45, 7) is 2.05. The number of aryl methyl sites for hydroxylation is 1. The van der Waals surface area contributed by atoms with Crippen molar-refractivity contribution < 1.29 is 9.84 Å². The van der Waals surface area contributed by atoms with Gasteiger partial charge in [0.2, 0.25) is 0 Å². The summed E-state index contributed by atoms with van der Waals surface area (Å²) in [5.74, 6) is 0.767. The second-order valence-electron chi connectivity index (χ2n) is 6.87. The zero-order chi connectivity index (χ0) is 18.9. The van der Waals surface area contributed by atoms with Crippen molar-refractivity contribution in [1.82, 2.24) is 0 Å². The predicted octanol–water partition coefficient (Wildman–Crippen LogP) is 5.44. The van der Waals surface area contributed by atoms with E-state index in [-0.39, 0.29) is 0 Å². The molecule has 2 heteroatoms. The number of fused-ring (bicyclic) bond motifs is 1. The molecule has 4 aromatic rings. The first-order valence-electron chi connectivity index (χ1n) is 9.04. The van der Waals surface area contributed by atoms with Gasteiger partial charge in [-0.25, -0.2) is 0 Å². The Morgan fingerprint density at radius 2 is 1.22 bits per heavy atom. The molecule has 0 heterocycles. The first kappa shape index (κ1) is 17.3. The van der Waals surface area contributed by atoms with E-state index in [4.69, 9.17) is 4.74 Å². The summed E-state index contributed by atoms with van der Waals surface area (Å²) in [4.78, 5) is 0. The molecule has 2 nitrogen and oxygen atoms in total. The Morgan fingerprint density at radius 1 is 0.667 bits per heavy atom. The third-order valence-corrected chi connectivity index (χ3v) is 5.14. The number of rotatable bonds is 4. The molecule has 0 radical (unpaired) electrons. The molecular weight excluding hydrogens is 332 g/mol. The average Bonchev–Trinajstić information content (AvgIpc) is 2.73. The molecule has 0 bridgehead atoms. The van der Waals surface area contributed by atoms with Crippen LogP contribution in [0.4, 0.5) is 0 Å². The number of ether oxygens (including phenoxy) is 1. The first-order valence-corrected chi connectivity index (χ1v) is 9.04. The summed E-state index contributed by atoms with van der Waals surface area (Å²) in [6.07, 6.45) is 0. The highest BCUT2D eigenvalue weighted by atomic mass is 16.5. The minimum atomic E-state index is -1.25. The molecule has 134 valence electrons. The van der Waals surface area contributed by atoms with Gasteiger partial charge in [0.15, 0.2) is 0 Å². The maximum absolute atomic E-state index is 12.0. The summed E-state index contributed by atoms with van der Waals surface area (Å²) < 4.78 is 5.29. The van der Waals surface area contributed by atoms with Crippen LogP contribution in [-0.4, -0.2) is 12.2 Å². The molecule has 0 aliphatic rings. The van der Waals surface area contributed by atoms with Crippen molar-refractivity contribution >= 4 is 10.8 Å². The summed E-state index contributed by atoms with van der Waals surface area (Å²) in [6, 6.07) is 30.0. The van der Waals surface area contributed by atoms with Crippen LogP contribution >= 0.6 is 0 Å². The molecule has 4 aromatic carbocycles. The van der Waals surface area contributed by atoms with Crippen LogP contribution in [0.5, 0.6) is 5.75 Å². The SMILES string of the molecule is COc1ccc(C(O)(c2ccc(C)cc2)c2ccc3ccccc3c2)cc1. The summed E-state index contributed by atoms with van der Waals surface area (Å²) >= 11 is 0.